The number of hydrogen-bond acceptors (Lipinski definition) is 2. The monoisotopic (exact) mass is 224 g/mol. The molecule has 2 nitrogen and oxygen atoms in total. The molecule has 15 heavy (non-hydrogen) atoms. The molecule has 1 fully saturated rings. The molecule has 5 heteroatoms. The van der Waals surface area contributed by atoms with Crippen molar-refractivity contribution in [3.8, 4) is 0 Å². The number of ether oxygens (including phenoxy) is 1. The number of ketones is 1. The van der Waals surface area contributed by atoms with Gasteiger partial charge in [0.25, 0.3) is 0 Å². The number of alkyl halides is 3. The summed E-state index contributed by atoms with van der Waals surface area (Å²) in [5.41, 5.74) is 0. The van der Waals surface area contributed by atoms with Gasteiger partial charge in [-0.1, -0.05) is 19.3 Å². The molecule has 0 bridgehead atoms. The lowest BCUT2D eigenvalue weighted by Gasteiger charge is -2.24. The van der Waals surface area contributed by atoms with Crippen LogP contribution < -0.4 is 0 Å². The van der Waals surface area contributed by atoms with Gasteiger partial charge in [0.2, 0.25) is 0 Å². The third kappa shape index (κ3) is 5.77. The van der Waals surface area contributed by atoms with E-state index in [0.717, 1.165) is 12.8 Å². The molecule has 1 saturated carbocycles. The highest BCUT2D eigenvalue weighted by Gasteiger charge is 2.27. The van der Waals surface area contributed by atoms with Crippen LogP contribution >= 0.6 is 0 Å². The molecule has 0 aromatic rings. The Morgan fingerprint density at radius 3 is 2.47 bits per heavy atom. The van der Waals surface area contributed by atoms with Gasteiger partial charge in [0.1, 0.15) is 12.4 Å². The van der Waals surface area contributed by atoms with Crippen molar-refractivity contribution < 1.29 is 22.7 Å². The normalized spacial score (nSPS) is 17.5. The summed E-state index contributed by atoms with van der Waals surface area (Å²) in [6.07, 6.45) is -0.355. The molecule has 0 aliphatic heterocycles. The average molecular weight is 224 g/mol. The Morgan fingerprint density at radius 1 is 1.33 bits per heavy atom. The second kappa shape index (κ2) is 5.49. The van der Waals surface area contributed by atoms with Gasteiger partial charge >= 0.3 is 6.18 Å². The van der Waals surface area contributed by atoms with E-state index < -0.39 is 12.8 Å². The Kier molecular flexibility index (Phi) is 4.57. The third-order valence-corrected chi connectivity index (χ3v) is 2.53. The molecule has 0 heterocycles. The Bertz CT molecular complexity index is 209. The third-order valence-electron chi connectivity index (χ3n) is 2.53. The van der Waals surface area contributed by atoms with Crippen molar-refractivity contribution in [2.75, 3.05) is 13.2 Å². The van der Waals surface area contributed by atoms with Crippen LogP contribution in [-0.2, 0) is 9.53 Å². The van der Waals surface area contributed by atoms with E-state index in [1.165, 1.54) is 6.42 Å². The van der Waals surface area contributed by atoms with E-state index in [1.807, 2.05) is 0 Å². The molecule has 1 aliphatic carbocycles. The Morgan fingerprint density at radius 2 is 2.00 bits per heavy atom. The molecule has 0 atom stereocenters. The highest BCUT2D eigenvalue weighted by atomic mass is 19.4. The molecular formula is C10H15F3O2. The van der Waals surface area contributed by atoms with E-state index in [1.54, 1.807) is 0 Å². The predicted molar refractivity (Wildman–Crippen MR) is 48.5 cm³/mol. The zero-order valence-electron chi connectivity index (χ0n) is 8.48. The quantitative estimate of drug-likeness (QED) is 0.648. The van der Waals surface area contributed by atoms with Crippen LogP contribution in [0.4, 0.5) is 13.2 Å². The van der Waals surface area contributed by atoms with Crippen molar-refractivity contribution in [1.82, 2.24) is 0 Å². The van der Waals surface area contributed by atoms with Gasteiger partial charge in [-0.05, 0) is 5.92 Å². The average Bonchev–Trinajstić information content (AvgIpc) is 2.04. The molecule has 0 radical (unpaired) electrons. The van der Waals surface area contributed by atoms with Crippen LogP contribution in [0.5, 0.6) is 0 Å². The minimum absolute atomic E-state index is 0.0156. The summed E-state index contributed by atoms with van der Waals surface area (Å²) in [6, 6.07) is 0. The second-order valence-electron chi connectivity index (χ2n) is 3.96. The standard InChI is InChI=1S/C10H15F3O2/c11-10(12,13)7-15-5-4-9(14)6-8-2-1-3-8/h8H,1-7H2. The SMILES string of the molecule is O=C(CCOCC(F)(F)F)CC1CCC1. The number of carbonyl (C=O) groups is 1. The molecule has 88 valence electrons. The fourth-order valence-electron chi connectivity index (χ4n) is 1.49. The van der Waals surface area contributed by atoms with Crippen LogP contribution in [0.1, 0.15) is 32.1 Å². The molecule has 0 N–H and O–H groups in total. The van der Waals surface area contributed by atoms with Crippen LogP contribution in [-0.4, -0.2) is 25.2 Å². The van der Waals surface area contributed by atoms with Gasteiger partial charge in [0.05, 0.1) is 6.61 Å². The van der Waals surface area contributed by atoms with Crippen molar-refractivity contribution in [3.63, 3.8) is 0 Å². The van der Waals surface area contributed by atoms with Gasteiger partial charge in [-0.25, -0.2) is 0 Å². The van der Waals surface area contributed by atoms with Crippen molar-refractivity contribution in [1.29, 1.82) is 0 Å². The largest absolute Gasteiger partial charge is 0.411 e. The van der Waals surface area contributed by atoms with Gasteiger partial charge in [0.15, 0.2) is 0 Å². The maximum atomic E-state index is 11.6. The topological polar surface area (TPSA) is 26.3 Å². The minimum atomic E-state index is -4.29. The summed E-state index contributed by atoms with van der Waals surface area (Å²) in [6.45, 7) is -1.38. The lowest BCUT2D eigenvalue weighted by atomic mass is 9.81. The zero-order chi connectivity index (χ0) is 11.3. The van der Waals surface area contributed by atoms with Crippen LogP contribution in [0.25, 0.3) is 0 Å². The number of hydrogen-bond donors (Lipinski definition) is 0. The molecule has 0 spiro atoms. The van der Waals surface area contributed by atoms with E-state index in [-0.39, 0.29) is 18.8 Å². The zero-order valence-corrected chi connectivity index (χ0v) is 8.48. The molecule has 1 rings (SSSR count). The first-order valence-electron chi connectivity index (χ1n) is 5.13. The molecule has 0 aromatic carbocycles. The van der Waals surface area contributed by atoms with Crippen LogP contribution in [0.3, 0.4) is 0 Å². The van der Waals surface area contributed by atoms with Crippen molar-refractivity contribution >= 4 is 5.78 Å². The maximum absolute atomic E-state index is 11.6. The van der Waals surface area contributed by atoms with E-state index in [2.05, 4.69) is 4.74 Å². The molecule has 0 saturated heterocycles. The summed E-state index contributed by atoms with van der Waals surface area (Å²) in [4.78, 5) is 11.2. The highest BCUT2D eigenvalue weighted by Crippen LogP contribution is 2.29. The lowest BCUT2D eigenvalue weighted by molar-refractivity contribution is -0.174. The smallest absolute Gasteiger partial charge is 0.372 e. The molecular weight excluding hydrogens is 209 g/mol. The van der Waals surface area contributed by atoms with E-state index >= 15 is 0 Å². The summed E-state index contributed by atoms with van der Waals surface area (Å²) in [5.74, 6) is 0.488. The number of halogens is 3. The van der Waals surface area contributed by atoms with Gasteiger partial charge < -0.3 is 4.74 Å². The first-order valence-corrected chi connectivity index (χ1v) is 5.13. The number of carbonyl (C=O) groups excluding carboxylic acids is 1. The summed E-state index contributed by atoms with van der Waals surface area (Å²) in [5, 5.41) is 0. The fraction of sp³-hybridized carbons (Fsp3) is 0.900. The Hall–Kier alpha value is -0.580. The summed E-state index contributed by atoms with van der Waals surface area (Å²) >= 11 is 0. The molecule has 1 aliphatic rings. The first kappa shape index (κ1) is 12.5. The van der Waals surface area contributed by atoms with Crippen molar-refractivity contribution in [3.05, 3.63) is 0 Å². The Balaban J connectivity index is 1.97. The van der Waals surface area contributed by atoms with Gasteiger partial charge in [-0.3, -0.25) is 4.79 Å². The van der Waals surface area contributed by atoms with Crippen LogP contribution in [0, 0.1) is 5.92 Å². The maximum Gasteiger partial charge on any atom is 0.411 e. The fourth-order valence-corrected chi connectivity index (χ4v) is 1.49. The number of rotatable bonds is 6. The minimum Gasteiger partial charge on any atom is -0.372 e. The first-order chi connectivity index (χ1) is 6.97. The molecule has 0 amide bonds. The highest BCUT2D eigenvalue weighted by molar-refractivity contribution is 5.78. The summed E-state index contributed by atoms with van der Waals surface area (Å²) in [7, 11) is 0. The molecule has 0 aromatic heterocycles. The second-order valence-corrected chi connectivity index (χ2v) is 3.96. The summed E-state index contributed by atoms with van der Waals surface area (Å²) < 4.78 is 39.3. The Labute approximate surface area is 86.8 Å². The van der Waals surface area contributed by atoms with E-state index in [4.69, 9.17) is 0 Å². The van der Waals surface area contributed by atoms with Gasteiger partial charge in [-0.2, -0.15) is 13.2 Å². The van der Waals surface area contributed by atoms with Gasteiger partial charge in [0, 0.05) is 12.8 Å². The van der Waals surface area contributed by atoms with Crippen LogP contribution in [0.15, 0.2) is 0 Å². The number of Topliss-reactive ketones (excluding diaryl/α,β-unsaturated/α-hetero) is 1. The van der Waals surface area contributed by atoms with Crippen LogP contribution in [0.2, 0.25) is 0 Å². The molecule has 0 unspecified atom stereocenters. The lowest BCUT2D eigenvalue weighted by Crippen LogP contribution is -2.20. The van der Waals surface area contributed by atoms with E-state index in [9.17, 15) is 18.0 Å². The van der Waals surface area contributed by atoms with E-state index in [0.29, 0.717) is 12.3 Å². The van der Waals surface area contributed by atoms with Crippen molar-refractivity contribution in [2.24, 2.45) is 5.92 Å². The predicted octanol–water partition coefficient (Wildman–Crippen LogP) is 2.71. The van der Waals surface area contributed by atoms with Crippen molar-refractivity contribution in [2.45, 2.75) is 38.3 Å². The van der Waals surface area contributed by atoms with Gasteiger partial charge in [-0.15, -0.1) is 0 Å².